The van der Waals surface area contributed by atoms with Gasteiger partial charge in [0.05, 0.1) is 38.6 Å². The van der Waals surface area contributed by atoms with Crippen molar-refractivity contribution in [2.24, 2.45) is 0 Å². The molecule has 17 atom stereocenters. The summed E-state index contributed by atoms with van der Waals surface area (Å²) < 4.78 is 34.4. The monoisotopic (exact) mass is 1300 g/mol. The van der Waals surface area contributed by atoms with Gasteiger partial charge in [0.15, 0.2) is 18.9 Å². The first-order valence-electron chi connectivity index (χ1n) is 36.7. The number of aliphatic hydroxyl groups is 11. The van der Waals surface area contributed by atoms with Gasteiger partial charge in [0, 0.05) is 6.42 Å². The number of hydrogen-bond acceptors (Lipinski definition) is 18. The minimum atomic E-state index is -1.98. The fourth-order valence-electron chi connectivity index (χ4n) is 12.5. The second kappa shape index (κ2) is 54.1. The zero-order valence-electron chi connectivity index (χ0n) is 56.6. The van der Waals surface area contributed by atoms with Gasteiger partial charge >= 0.3 is 0 Å². The highest BCUT2D eigenvalue weighted by Gasteiger charge is 2.53. The molecular formula is C72H133NO18. The number of hydrogen-bond donors (Lipinski definition) is 12. The Morgan fingerprint density at radius 1 is 0.385 bits per heavy atom. The van der Waals surface area contributed by atoms with Crippen LogP contribution in [0.2, 0.25) is 0 Å². The largest absolute Gasteiger partial charge is 0.394 e. The molecule has 3 heterocycles. The van der Waals surface area contributed by atoms with Gasteiger partial charge in [0.25, 0.3) is 0 Å². The molecule has 534 valence electrons. The lowest BCUT2D eigenvalue weighted by Gasteiger charge is -2.48. The molecule has 3 saturated heterocycles. The number of aliphatic hydroxyl groups excluding tert-OH is 11. The van der Waals surface area contributed by atoms with Crippen molar-refractivity contribution in [3.8, 4) is 0 Å². The maximum atomic E-state index is 13.4. The summed E-state index contributed by atoms with van der Waals surface area (Å²) in [5, 5.41) is 121. The molecule has 0 saturated carbocycles. The lowest BCUT2D eigenvalue weighted by molar-refractivity contribution is -0.379. The van der Waals surface area contributed by atoms with Crippen LogP contribution in [0.25, 0.3) is 0 Å². The summed E-state index contributed by atoms with van der Waals surface area (Å²) in [6.45, 7) is 1.75. The first-order chi connectivity index (χ1) is 44.3. The van der Waals surface area contributed by atoms with Crippen molar-refractivity contribution in [1.29, 1.82) is 0 Å². The van der Waals surface area contributed by atoms with Crippen LogP contribution in [0.1, 0.15) is 284 Å². The molecule has 19 heteroatoms. The highest BCUT2D eigenvalue weighted by Crippen LogP contribution is 2.33. The molecule has 3 rings (SSSR count). The topological polar surface area (TPSA) is 307 Å². The van der Waals surface area contributed by atoms with E-state index in [2.05, 4.69) is 43.5 Å². The van der Waals surface area contributed by atoms with E-state index in [0.29, 0.717) is 12.8 Å². The first kappa shape index (κ1) is 83.2. The molecule has 3 aliphatic rings. The summed E-state index contributed by atoms with van der Waals surface area (Å²) in [4.78, 5) is 13.4. The van der Waals surface area contributed by atoms with Crippen LogP contribution in [0.5, 0.6) is 0 Å². The number of allylic oxidation sites excluding steroid dienone is 5. The molecule has 0 spiro atoms. The lowest BCUT2D eigenvalue weighted by Crippen LogP contribution is -2.66. The van der Waals surface area contributed by atoms with Crippen molar-refractivity contribution in [1.82, 2.24) is 5.32 Å². The van der Waals surface area contributed by atoms with Crippen LogP contribution in [0, 0.1) is 0 Å². The molecule has 0 radical (unpaired) electrons. The van der Waals surface area contributed by atoms with E-state index in [9.17, 15) is 61.0 Å². The van der Waals surface area contributed by atoms with Crippen molar-refractivity contribution < 1.29 is 89.4 Å². The molecule has 91 heavy (non-hydrogen) atoms. The van der Waals surface area contributed by atoms with Crippen LogP contribution in [0.4, 0.5) is 0 Å². The average molecular weight is 1300 g/mol. The van der Waals surface area contributed by atoms with Crippen LogP contribution in [0.15, 0.2) is 36.5 Å². The summed E-state index contributed by atoms with van der Waals surface area (Å²) >= 11 is 0. The van der Waals surface area contributed by atoms with Crippen molar-refractivity contribution in [3.63, 3.8) is 0 Å². The third kappa shape index (κ3) is 35.7. The Kier molecular flexibility index (Phi) is 49.5. The predicted octanol–water partition coefficient (Wildman–Crippen LogP) is 10.4. The van der Waals surface area contributed by atoms with E-state index >= 15 is 0 Å². The number of rotatable bonds is 57. The van der Waals surface area contributed by atoms with Crippen LogP contribution >= 0.6 is 0 Å². The number of nitrogens with one attached hydrogen (secondary N) is 1. The normalized spacial score (nSPS) is 28.0. The molecule has 0 aromatic rings. The summed E-state index contributed by atoms with van der Waals surface area (Å²) in [5.41, 5.74) is 0. The quantitative estimate of drug-likeness (QED) is 0.0199. The van der Waals surface area contributed by atoms with Gasteiger partial charge < -0.3 is 89.9 Å². The SMILES string of the molecule is CCCCCCCCCCCCCCCCCC/C=C/CC/C=C/CC/C=C/C(O)C(COC1OC(CO)C(OC2OC(CO)C(OC3OC(CO)C(O)C(O)C3O)C(O)C2O)C(O)C1O)NC(=O)CCCCCCCCCCCCCCCCCCCCCC. The van der Waals surface area contributed by atoms with Gasteiger partial charge in [-0.25, -0.2) is 0 Å². The minimum Gasteiger partial charge on any atom is -0.394 e. The molecular weight excluding hydrogens is 1170 g/mol. The van der Waals surface area contributed by atoms with E-state index in [0.717, 1.165) is 44.9 Å². The van der Waals surface area contributed by atoms with Crippen molar-refractivity contribution in [3.05, 3.63) is 36.5 Å². The molecule has 0 aromatic heterocycles. The summed E-state index contributed by atoms with van der Waals surface area (Å²) in [7, 11) is 0. The van der Waals surface area contributed by atoms with Gasteiger partial charge in [-0.3, -0.25) is 4.79 Å². The van der Waals surface area contributed by atoms with E-state index in [-0.39, 0.29) is 18.9 Å². The van der Waals surface area contributed by atoms with E-state index in [1.165, 1.54) is 205 Å². The Hall–Kier alpha value is -1.99. The van der Waals surface area contributed by atoms with Crippen LogP contribution in [-0.2, 0) is 33.2 Å². The zero-order chi connectivity index (χ0) is 66.1. The average Bonchev–Trinajstić information content (AvgIpc) is 0.887. The van der Waals surface area contributed by atoms with Crippen LogP contribution < -0.4 is 5.32 Å². The zero-order valence-corrected chi connectivity index (χ0v) is 56.6. The molecule has 3 aliphatic heterocycles. The van der Waals surface area contributed by atoms with Gasteiger partial charge in [0.2, 0.25) is 5.91 Å². The van der Waals surface area contributed by atoms with Crippen LogP contribution in [-0.4, -0.2) is 193 Å². The summed E-state index contributed by atoms with van der Waals surface area (Å²) in [6, 6.07) is -0.995. The second-order valence-corrected chi connectivity index (χ2v) is 26.4. The highest BCUT2D eigenvalue weighted by atomic mass is 16.8. The Bertz CT molecular complexity index is 1790. The van der Waals surface area contributed by atoms with Gasteiger partial charge in [-0.15, -0.1) is 0 Å². The fraction of sp³-hybridized carbons (Fsp3) is 0.903. The molecule has 1 amide bonds. The molecule has 0 aromatic carbocycles. The second-order valence-electron chi connectivity index (χ2n) is 26.4. The molecule has 19 nitrogen and oxygen atoms in total. The van der Waals surface area contributed by atoms with Crippen molar-refractivity contribution in [2.75, 3.05) is 26.4 Å². The molecule has 12 N–H and O–H groups in total. The molecule has 0 aliphatic carbocycles. The van der Waals surface area contributed by atoms with Gasteiger partial charge in [-0.05, 0) is 44.9 Å². The molecule has 3 fully saturated rings. The van der Waals surface area contributed by atoms with Gasteiger partial charge in [-0.2, -0.15) is 0 Å². The van der Waals surface area contributed by atoms with Crippen molar-refractivity contribution >= 4 is 5.91 Å². The van der Waals surface area contributed by atoms with Gasteiger partial charge in [-0.1, -0.05) is 269 Å². The van der Waals surface area contributed by atoms with E-state index in [4.69, 9.17) is 28.4 Å². The predicted molar refractivity (Wildman–Crippen MR) is 356 cm³/mol. The summed E-state index contributed by atoms with van der Waals surface area (Å²) in [6.07, 6.45) is 37.0. The Morgan fingerprint density at radius 2 is 0.703 bits per heavy atom. The van der Waals surface area contributed by atoms with E-state index in [1.54, 1.807) is 6.08 Å². The van der Waals surface area contributed by atoms with Crippen LogP contribution in [0.3, 0.4) is 0 Å². The third-order valence-electron chi connectivity index (χ3n) is 18.4. The highest BCUT2D eigenvalue weighted by molar-refractivity contribution is 5.76. The lowest BCUT2D eigenvalue weighted by atomic mass is 9.96. The first-order valence-corrected chi connectivity index (χ1v) is 36.7. The maximum Gasteiger partial charge on any atom is 0.220 e. The standard InChI is InChI=1S/C72H133NO18/c1-3-5-7-9-11-13-15-17-19-21-23-25-26-27-28-29-30-31-33-35-37-39-41-43-45-47-49-56(77)55(73-60(78)50-48-46-44-42-40-38-36-34-32-24-22-20-18-16-14-12-10-8-6-4-2)54-86-70-66(84)63(81)68(58(52-75)88-70)91-72-67(85)64(82)69(59(53-76)89-72)90-71-65(83)62(80)61(79)57(51-74)87-71/h31,33,39,41,47,49,55-59,61-72,74-77,79-85H,3-30,32,34-38,40,42-46,48,50-54H2,1-2H3,(H,73,78)/b33-31+,41-39+,49-47+. The number of ether oxygens (including phenoxy) is 6. The van der Waals surface area contributed by atoms with Crippen molar-refractivity contribution in [2.45, 2.75) is 388 Å². The van der Waals surface area contributed by atoms with Gasteiger partial charge in [0.1, 0.15) is 73.2 Å². The molecule has 0 bridgehead atoms. The Balaban J connectivity index is 1.44. The molecule has 17 unspecified atom stereocenters. The number of carbonyl (C=O) groups is 1. The number of carbonyl (C=O) groups excluding carboxylic acids is 1. The Morgan fingerprint density at radius 3 is 1.10 bits per heavy atom. The smallest absolute Gasteiger partial charge is 0.220 e. The number of unbranched alkanes of at least 4 members (excludes halogenated alkanes) is 37. The summed E-state index contributed by atoms with van der Waals surface area (Å²) in [5.74, 6) is -0.285. The third-order valence-corrected chi connectivity index (χ3v) is 18.4. The number of amides is 1. The maximum absolute atomic E-state index is 13.4. The fourth-order valence-corrected chi connectivity index (χ4v) is 12.5. The van der Waals surface area contributed by atoms with E-state index in [1.807, 2.05) is 6.08 Å². The van der Waals surface area contributed by atoms with E-state index < -0.39 is 124 Å². The minimum absolute atomic E-state index is 0.236. The Labute approximate surface area is 549 Å².